The van der Waals surface area contributed by atoms with Gasteiger partial charge < -0.3 is 5.32 Å². The molecule has 2 aromatic heterocycles. The Morgan fingerprint density at radius 2 is 2.00 bits per heavy atom. The van der Waals surface area contributed by atoms with Crippen LogP contribution >= 0.6 is 0 Å². The van der Waals surface area contributed by atoms with Crippen molar-refractivity contribution >= 4 is 11.5 Å². The molecule has 2 aliphatic carbocycles. The molecule has 8 heteroatoms. The zero-order valence-electron chi connectivity index (χ0n) is 18.7. The number of alkyl halides is 3. The molecule has 2 aliphatic rings. The van der Waals surface area contributed by atoms with Gasteiger partial charge in [0, 0.05) is 19.3 Å². The summed E-state index contributed by atoms with van der Waals surface area (Å²) in [4.78, 5) is 17.3. The Morgan fingerprint density at radius 1 is 1.30 bits per heavy atom. The van der Waals surface area contributed by atoms with Gasteiger partial charge in [0.15, 0.2) is 5.69 Å². The van der Waals surface area contributed by atoms with Crippen LogP contribution in [0.3, 0.4) is 0 Å². The van der Waals surface area contributed by atoms with Crippen LogP contribution in [0.25, 0.3) is 5.57 Å². The molecular formula is C25H27F3N4O. The third-order valence-electron chi connectivity index (χ3n) is 5.83. The minimum absolute atomic E-state index is 0.124. The normalized spacial score (nSPS) is 17.4. The Hall–Kier alpha value is -3.34. The standard InChI is InChI=1S/C23H25F3N4O.C2H2/c1-3-4-16(8-7-15-5-6-15)18-10-9-17(14-27-18)22(11-12-22)28-21(31)19-13-20(23(24,25)26)29-30(19)2;1-2/h3-4,8-10,13-15H,5-7,11-12H2,1-2H3,(H,28,31);1-2H/b4-3-,16-8+;. The Morgan fingerprint density at radius 3 is 2.48 bits per heavy atom. The van der Waals surface area contributed by atoms with E-state index in [1.807, 2.05) is 31.2 Å². The fourth-order valence-electron chi connectivity index (χ4n) is 3.64. The Bertz CT molecular complexity index is 1070. The van der Waals surface area contributed by atoms with Crippen LogP contribution in [0.1, 0.15) is 66.5 Å². The maximum absolute atomic E-state index is 12.9. The minimum Gasteiger partial charge on any atom is -0.341 e. The summed E-state index contributed by atoms with van der Waals surface area (Å²) in [7, 11) is 1.33. The molecule has 0 unspecified atom stereocenters. The van der Waals surface area contributed by atoms with Gasteiger partial charge in [-0.25, -0.2) is 0 Å². The third-order valence-corrected chi connectivity index (χ3v) is 5.83. The molecule has 5 nitrogen and oxygen atoms in total. The molecule has 33 heavy (non-hydrogen) atoms. The second-order valence-corrected chi connectivity index (χ2v) is 8.34. The van der Waals surface area contributed by atoms with E-state index in [0.717, 1.165) is 39.9 Å². The van der Waals surface area contributed by atoms with Crippen molar-refractivity contribution < 1.29 is 18.0 Å². The highest BCUT2D eigenvalue weighted by atomic mass is 19.4. The highest BCUT2D eigenvalue weighted by Crippen LogP contribution is 2.45. The summed E-state index contributed by atoms with van der Waals surface area (Å²) in [5, 5.41) is 6.31. The lowest BCUT2D eigenvalue weighted by atomic mass is 10.0. The summed E-state index contributed by atoms with van der Waals surface area (Å²) in [6.45, 7) is 1.97. The number of halogens is 3. The zero-order valence-corrected chi connectivity index (χ0v) is 18.7. The topological polar surface area (TPSA) is 59.8 Å². The highest BCUT2D eigenvalue weighted by molar-refractivity contribution is 5.93. The number of hydrogen-bond acceptors (Lipinski definition) is 3. The van der Waals surface area contributed by atoms with Crippen LogP contribution in [-0.2, 0) is 18.8 Å². The van der Waals surface area contributed by atoms with E-state index in [1.165, 1.54) is 19.9 Å². The van der Waals surface area contributed by atoms with E-state index < -0.39 is 23.3 Å². The van der Waals surface area contributed by atoms with Crippen LogP contribution in [0, 0.1) is 18.8 Å². The van der Waals surface area contributed by atoms with Gasteiger partial charge in [0.1, 0.15) is 5.69 Å². The summed E-state index contributed by atoms with van der Waals surface area (Å²) in [6.07, 6.45) is 16.4. The number of nitrogens with zero attached hydrogens (tertiary/aromatic N) is 3. The lowest BCUT2D eigenvalue weighted by Gasteiger charge is -2.18. The largest absolute Gasteiger partial charge is 0.435 e. The summed E-state index contributed by atoms with van der Waals surface area (Å²) >= 11 is 0. The van der Waals surface area contributed by atoms with E-state index in [1.54, 1.807) is 6.20 Å². The van der Waals surface area contributed by atoms with Gasteiger partial charge in [0.05, 0.1) is 11.2 Å². The van der Waals surface area contributed by atoms with Crippen LogP contribution < -0.4 is 5.32 Å². The Labute approximate surface area is 191 Å². The number of allylic oxidation sites excluding steroid dienone is 4. The first-order valence-corrected chi connectivity index (χ1v) is 10.8. The van der Waals surface area contributed by atoms with Crippen molar-refractivity contribution in [3.8, 4) is 12.8 Å². The van der Waals surface area contributed by atoms with Gasteiger partial charge in [-0.05, 0) is 62.1 Å². The van der Waals surface area contributed by atoms with Crippen molar-refractivity contribution in [3.63, 3.8) is 0 Å². The second-order valence-electron chi connectivity index (χ2n) is 8.34. The number of amides is 1. The maximum Gasteiger partial charge on any atom is 0.435 e. The summed E-state index contributed by atoms with van der Waals surface area (Å²) in [6, 6.07) is 4.65. The van der Waals surface area contributed by atoms with Gasteiger partial charge in [0.25, 0.3) is 5.91 Å². The molecule has 4 rings (SSSR count). The summed E-state index contributed by atoms with van der Waals surface area (Å²) in [5.41, 5.74) is 0.997. The van der Waals surface area contributed by atoms with Crippen LogP contribution in [0.4, 0.5) is 13.2 Å². The number of terminal acetylenes is 1. The van der Waals surface area contributed by atoms with Crippen LogP contribution in [0.15, 0.2) is 42.6 Å². The minimum atomic E-state index is -4.59. The molecule has 2 saturated carbocycles. The van der Waals surface area contributed by atoms with Crippen molar-refractivity contribution in [2.75, 3.05) is 0 Å². The zero-order chi connectivity index (χ0) is 24.2. The quantitative estimate of drug-likeness (QED) is 0.457. The van der Waals surface area contributed by atoms with E-state index in [4.69, 9.17) is 0 Å². The van der Waals surface area contributed by atoms with E-state index in [2.05, 4.69) is 34.3 Å². The fourth-order valence-corrected chi connectivity index (χ4v) is 3.64. The van der Waals surface area contributed by atoms with E-state index in [-0.39, 0.29) is 5.69 Å². The molecule has 174 valence electrons. The number of nitrogens with one attached hydrogen (secondary N) is 1. The smallest absolute Gasteiger partial charge is 0.341 e. The molecular weight excluding hydrogens is 429 g/mol. The highest BCUT2D eigenvalue weighted by Gasteiger charge is 2.46. The predicted molar refractivity (Wildman–Crippen MR) is 121 cm³/mol. The Balaban J connectivity index is 0.00000149. The van der Waals surface area contributed by atoms with E-state index >= 15 is 0 Å². The van der Waals surface area contributed by atoms with Gasteiger partial charge >= 0.3 is 6.18 Å². The third kappa shape index (κ3) is 5.72. The Kier molecular flexibility index (Phi) is 7.11. The summed E-state index contributed by atoms with van der Waals surface area (Å²) in [5.74, 6) is 0.209. The van der Waals surface area contributed by atoms with Gasteiger partial charge in [-0.3, -0.25) is 14.5 Å². The van der Waals surface area contributed by atoms with Crippen LogP contribution in [0.2, 0.25) is 0 Å². The molecule has 2 aromatic rings. The lowest BCUT2D eigenvalue weighted by molar-refractivity contribution is -0.141. The molecule has 2 heterocycles. The first-order chi connectivity index (χ1) is 15.7. The monoisotopic (exact) mass is 456 g/mol. The molecule has 1 N–H and O–H groups in total. The number of carbonyl (C=O) groups excluding carboxylic acids is 1. The van der Waals surface area contributed by atoms with Crippen molar-refractivity contribution in [2.45, 2.75) is 50.7 Å². The van der Waals surface area contributed by atoms with Crippen molar-refractivity contribution in [1.82, 2.24) is 20.1 Å². The van der Waals surface area contributed by atoms with Crippen molar-refractivity contribution in [3.05, 3.63) is 65.3 Å². The molecule has 0 spiro atoms. The van der Waals surface area contributed by atoms with Gasteiger partial charge in [-0.2, -0.15) is 18.3 Å². The number of rotatable bonds is 7. The van der Waals surface area contributed by atoms with Gasteiger partial charge in [-0.15, -0.1) is 12.8 Å². The molecule has 2 fully saturated rings. The molecule has 0 aliphatic heterocycles. The average molecular weight is 457 g/mol. The van der Waals surface area contributed by atoms with Crippen molar-refractivity contribution in [1.29, 1.82) is 0 Å². The average Bonchev–Trinajstić information content (AvgIpc) is 3.72. The number of hydrogen-bond donors (Lipinski definition) is 1. The SMILES string of the molecule is C#C.C/C=C\C(=C/CC1CC1)c1ccc(C2(NC(=O)c3cc(C(F)(F)F)nn3C)CC2)cn1. The van der Waals surface area contributed by atoms with Crippen LogP contribution in [-0.4, -0.2) is 20.7 Å². The number of aromatic nitrogens is 3. The molecule has 0 bridgehead atoms. The predicted octanol–water partition coefficient (Wildman–Crippen LogP) is 5.26. The molecule has 0 aromatic carbocycles. The van der Waals surface area contributed by atoms with Crippen molar-refractivity contribution in [2.24, 2.45) is 13.0 Å². The first-order valence-electron chi connectivity index (χ1n) is 10.8. The van der Waals surface area contributed by atoms with E-state index in [0.29, 0.717) is 12.8 Å². The second kappa shape index (κ2) is 9.65. The summed E-state index contributed by atoms with van der Waals surface area (Å²) < 4.78 is 39.6. The van der Waals surface area contributed by atoms with Crippen LogP contribution in [0.5, 0.6) is 0 Å². The first kappa shape index (κ1) is 24.3. The van der Waals surface area contributed by atoms with E-state index in [9.17, 15) is 18.0 Å². The number of carbonyl (C=O) groups is 1. The van der Waals surface area contributed by atoms with Gasteiger partial charge in [-0.1, -0.05) is 24.3 Å². The molecule has 0 atom stereocenters. The molecule has 1 amide bonds. The number of pyridine rings is 1. The fraction of sp³-hybridized carbons (Fsp3) is 0.400. The number of aryl methyl sites for hydroxylation is 1. The maximum atomic E-state index is 12.9. The lowest BCUT2D eigenvalue weighted by Crippen LogP contribution is -2.36. The molecule has 0 radical (unpaired) electrons. The van der Waals surface area contributed by atoms with Gasteiger partial charge in [0.2, 0.25) is 0 Å². The molecule has 0 saturated heterocycles.